The van der Waals surface area contributed by atoms with Gasteiger partial charge < -0.3 is 19.3 Å². The Kier molecular flexibility index (Phi) is 5.54. The molecule has 1 aromatic rings. The number of hydrogen-bond acceptors (Lipinski definition) is 4. The van der Waals surface area contributed by atoms with E-state index in [0.29, 0.717) is 13.2 Å². The monoisotopic (exact) mass is 280 g/mol. The predicted octanol–water partition coefficient (Wildman–Crippen LogP) is 2.50. The largest absolute Gasteiger partial charge is 0.394 e. The van der Waals surface area contributed by atoms with Crippen molar-refractivity contribution in [3.05, 3.63) is 35.9 Å². The minimum atomic E-state index is -0.506. The fourth-order valence-corrected chi connectivity index (χ4v) is 2.44. The molecule has 20 heavy (non-hydrogen) atoms. The van der Waals surface area contributed by atoms with Gasteiger partial charge in [0.1, 0.15) is 12.2 Å². The van der Waals surface area contributed by atoms with E-state index in [-0.39, 0.29) is 18.8 Å². The van der Waals surface area contributed by atoms with Crippen LogP contribution in [0.1, 0.15) is 32.3 Å². The molecular formula is C16H24O4. The average Bonchev–Trinajstić information content (AvgIpc) is 2.94. The summed E-state index contributed by atoms with van der Waals surface area (Å²) in [5, 5.41) is 9.52. The standard InChI is InChI=1S/C16H24O4/c1-3-16(4-2)19-12-15(20-16)14(10-17)18-11-13-8-6-5-7-9-13/h5-9,14-15,17H,3-4,10-12H2,1-2H3/t14-,15-/m1/s1. The number of ether oxygens (including phenoxy) is 3. The molecule has 4 nitrogen and oxygen atoms in total. The van der Waals surface area contributed by atoms with E-state index in [0.717, 1.165) is 18.4 Å². The molecule has 1 aliphatic rings. The fraction of sp³-hybridized carbons (Fsp3) is 0.625. The molecule has 0 aromatic heterocycles. The van der Waals surface area contributed by atoms with E-state index in [2.05, 4.69) is 0 Å². The first-order valence-corrected chi connectivity index (χ1v) is 7.31. The molecule has 0 radical (unpaired) electrons. The summed E-state index contributed by atoms with van der Waals surface area (Å²) < 4.78 is 17.5. The van der Waals surface area contributed by atoms with Crippen LogP contribution < -0.4 is 0 Å². The summed E-state index contributed by atoms with van der Waals surface area (Å²) in [6.45, 7) is 4.97. The topological polar surface area (TPSA) is 47.9 Å². The Balaban J connectivity index is 1.89. The van der Waals surface area contributed by atoms with E-state index >= 15 is 0 Å². The van der Waals surface area contributed by atoms with E-state index in [1.54, 1.807) is 0 Å². The van der Waals surface area contributed by atoms with Gasteiger partial charge in [0.15, 0.2) is 5.79 Å². The number of rotatable bonds is 7. The van der Waals surface area contributed by atoms with Gasteiger partial charge in [-0.25, -0.2) is 0 Å². The molecule has 1 heterocycles. The van der Waals surface area contributed by atoms with E-state index in [4.69, 9.17) is 14.2 Å². The first-order valence-electron chi connectivity index (χ1n) is 7.31. The van der Waals surface area contributed by atoms with Gasteiger partial charge in [0.2, 0.25) is 0 Å². The van der Waals surface area contributed by atoms with Crippen LogP contribution in [0, 0.1) is 0 Å². The zero-order valence-electron chi connectivity index (χ0n) is 12.2. The van der Waals surface area contributed by atoms with Crippen molar-refractivity contribution in [2.75, 3.05) is 13.2 Å². The smallest absolute Gasteiger partial charge is 0.168 e. The molecule has 0 bridgehead atoms. The van der Waals surface area contributed by atoms with Crippen LogP contribution in [0.2, 0.25) is 0 Å². The van der Waals surface area contributed by atoms with Crippen LogP contribution in [0.4, 0.5) is 0 Å². The van der Waals surface area contributed by atoms with Crippen molar-refractivity contribution in [1.29, 1.82) is 0 Å². The second-order valence-electron chi connectivity index (χ2n) is 5.10. The molecule has 1 N–H and O–H groups in total. The first kappa shape index (κ1) is 15.4. The van der Waals surface area contributed by atoms with Gasteiger partial charge >= 0.3 is 0 Å². The van der Waals surface area contributed by atoms with Crippen LogP contribution in [-0.4, -0.2) is 36.3 Å². The third kappa shape index (κ3) is 3.58. The van der Waals surface area contributed by atoms with Gasteiger partial charge in [0.25, 0.3) is 0 Å². The second kappa shape index (κ2) is 7.18. The van der Waals surface area contributed by atoms with Crippen LogP contribution in [0.25, 0.3) is 0 Å². The molecule has 112 valence electrons. The number of aliphatic hydroxyl groups excluding tert-OH is 1. The summed E-state index contributed by atoms with van der Waals surface area (Å²) >= 11 is 0. The minimum Gasteiger partial charge on any atom is -0.394 e. The highest BCUT2D eigenvalue weighted by molar-refractivity contribution is 5.13. The van der Waals surface area contributed by atoms with Crippen molar-refractivity contribution < 1.29 is 19.3 Å². The van der Waals surface area contributed by atoms with Crippen molar-refractivity contribution in [3.63, 3.8) is 0 Å². The Bertz CT molecular complexity index is 389. The molecule has 0 spiro atoms. The zero-order valence-corrected chi connectivity index (χ0v) is 12.2. The number of aliphatic hydroxyl groups is 1. The van der Waals surface area contributed by atoms with E-state index in [1.165, 1.54) is 0 Å². The summed E-state index contributed by atoms with van der Waals surface area (Å²) in [6, 6.07) is 9.92. The van der Waals surface area contributed by atoms with Gasteiger partial charge in [-0.2, -0.15) is 0 Å². The Morgan fingerprint density at radius 1 is 1.30 bits per heavy atom. The molecule has 1 fully saturated rings. The van der Waals surface area contributed by atoms with Crippen molar-refractivity contribution in [2.24, 2.45) is 0 Å². The summed E-state index contributed by atoms with van der Waals surface area (Å²) in [4.78, 5) is 0. The third-order valence-corrected chi connectivity index (χ3v) is 3.86. The molecular weight excluding hydrogens is 256 g/mol. The molecule has 0 aliphatic carbocycles. The second-order valence-corrected chi connectivity index (χ2v) is 5.10. The van der Waals surface area contributed by atoms with E-state index in [1.807, 2.05) is 44.2 Å². The van der Waals surface area contributed by atoms with Crippen LogP contribution >= 0.6 is 0 Å². The maximum absolute atomic E-state index is 9.52. The van der Waals surface area contributed by atoms with Crippen molar-refractivity contribution >= 4 is 0 Å². The van der Waals surface area contributed by atoms with Crippen molar-refractivity contribution in [2.45, 2.75) is 51.3 Å². The Morgan fingerprint density at radius 3 is 2.55 bits per heavy atom. The van der Waals surface area contributed by atoms with Gasteiger partial charge in [-0.3, -0.25) is 0 Å². The van der Waals surface area contributed by atoms with Gasteiger partial charge in [0.05, 0.1) is 19.8 Å². The van der Waals surface area contributed by atoms with Gasteiger partial charge in [0, 0.05) is 0 Å². The molecule has 0 unspecified atom stereocenters. The highest BCUT2D eigenvalue weighted by Gasteiger charge is 2.41. The van der Waals surface area contributed by atoms with Crippen LogP contribution in [0.5, 0.6) is 0 Å². The highest BCUT2D eigenvalue weighted by Crippen LogP contribution is 2.32. The van der Waals surface area contributed by atoms with E-state index < -0.39 is 5.79 Å². The third-order valence-electron chi connectivity index (χ3n) is 3.86. The molecule has 4 heteroatoms. The number of hydrogen-bond donors (Lipinski definition) is 1. The lowest BCUT2D eigenvalue weighted by molar-refractivity contribution is -0.188. The van der Waals surface area contributed by atoms with Gasteiger partial charge in [-0.05, 0) is 18.4 Å². The maximum Gasteiger partial charge on any atom is 0.168 e. The Morgan fingerprint density at radius 2 is 2.00 bits per heavy atom. The molecule has 1 aliphatic heterocycles. The van der Waals surface area contributed by atoms with Crippen molar-refractivity contribution in [3.8, 4) is 0 Å². The Hall–Kier alpha value is -0.940. The normalized spacial score (nSPS) is 22.9. The summed E-state index contributed by atoms with van der Waals surface area (Å²) in [7, 11) is 0. The SMILES string of the molecule is CCC1(CC)OC[C@H]([C@@H](CO)OCc2ccccc2)O1. The van der Waals surface area contributed by atoms with Crippen LogP contribution in [0.15, 0.2) is 30.3 Å². The highest BCUT2D eigenvalue weighted by atomic mass is 16.8. The van der Waals surface area contributed by atoms with Crippen molar-refractivity contribution in [1.82, 2.24) is 0 Å². The van der Waals surface area contributed by atoms with E-state index in [9.17, 15) is 5.11 Å². The number of benzene rings is 1. The lowest BCUT2D eigenvalue weighted by Gasteiger charge is -2.27. The van der Waals surface area contributed by atoms with Gasteiger partial charge in [-0.1, -0.05) is 44.2 Å². The summed E-state index contributed by atoms with van der Waals surface area (Å²) in [5.41, 5.74) is 1.09. The summed E-state index contributed by atoms with van der Waals surface area (Å²) in [5.74, 6) is -0.506. The molecule has 0 saturated carbocycles. The lowest BCUT2D eigenvalue weighted by atomic mass is 10.1. The zero-order chi connectivity index (χ0) is 14.4. The van der Waals surface area contributed by atoms with Crippen LogP contribution in [-0.2, 0) is 20.8 Å². The quantitative estimate of drug-likeness (QED) is 0.833. The average molecular weight is 280 g/mol. The molecule has 1 saturated heterocycles. The Labute approximate surface area is 120 Å². The maximum atomic E-state index is 9.52. The first-order chi connectivity index (χ1) is 9.73. The molecule has 1 aromatic carbocycles. The van der Waals surface area contributed by atoms with Crippen LogP contribution in [0.3, 0.4) is 0 Å². The van der Waals surface area contributed by atoms with Gasteiger partial charge in [-0.15, -0.1) is 0 Å². The summed E-state index contributed by atoms with van der Waals surface area (Å²) in [6.07, 6.45) is 1.05. The molecule has 0 amide bonds. The lowest BCUT2D eigenvalue weighted by Crippen LogP contribution is -2.37. The minimum absolute atomic E-state index is 0.0651. The molecule has 2 rings (SSSR count). The fourth-order valence-electron chi connectivity index (χ4n) is 2.44. The predicted molar refractivity (Wildman–Crippen MR) is 76.2 cm³/mol. The molecule has 2 atom stereocenters.